The minimum Gasteiger partial charge on any atom is -0.366 e. The fraction of sp³-hybridized carbons (Fsp3) is 0.462. The summed E-state index contributed by atoms with van der Waals surface area (Å²) >= 11 is 11.8. The molecule has 0 aromatic heterocycles. The van der Waals surface area contributed by atoms with Gasteiger partial charge in [-0.3, -0.25) is 4.79 Å². The second kappa shape index (κ2) is 8.05. The zero-order valence-corrected chi connectivity index (χ0v) is 13.3. The Labute approximate surface area is 134 Å². The van der Waals surface area contributed by atoms with Gasteiger partial charge in [-0.25, -0.2) is 0 Å². The lowest BCUT2D eigenvalue weighted by molar-refractivity contribution is -0.134. The Balaban J connectivity index is 0.00000200. The van der Waals surface area contributed by atoms with E-state index in [9.17, 15) is 4.79 Å². The summed E-state index contributed by atoms with van der Waals surface area (Å²) in [7, 11) is 0. The summed E-state index contributed by atoms with van der Waals surface area (Å²) in [6, 6.07) is 5.18. The molecule has 1 aliphatic heterocycles. The molecule has 1 heterocycles. The number of ether oxygens (including phenoxy) is 1. The van der Waals surface area contributed by atoms with E-state index in [-0.39, 0.29) is 24.4 Å². The van der Waals surface area contributed by atoms with Gasteiger partial charge in [0.1, 0.15) is 6.10 Å². The molecular formula is C13H17Cl3N2O2. The minimum atomic E-state index is -0.432. The van der Waals surface area contributed by atoms with E-state index in [4.69, 9.17) is 27.9 Å². The van der Waals surface area contributed by atoms with Crippen LogP contribution in [0.2, 0.25) is 10.0 Å². The normalized spacial score (nSPS) is 19.9. The van der Waals surface area contributed by atoms with E-state index in [0.29, 0.717) is 23.2 Å². The van der Waals surface area contributed by atoms with Crippen LogP contribution < -0.4 is 10.6 Å². The number of carbonyl (C=O) groups is 1. The van der Waals surface area contributed by atoms with Crippen LogP contribution in [0.5, 0.6) is 0 Å². The monoisotopic (exact) mass is 338 g/mol. The van der Waals surface area contributed by atoms with Crippen LogP contribution in [0.25, 0.3) is 0 Å². The zero-order valence-electron chi connectivity index (χ0n) is 11.0. The minimum absolute atomic E-state index is 0. The maximum atomic E-state index is 12.0. The van der Waals surface area contributed by atoms with E-state index in [1.807, 2.05) is 13.0 Å². The van der Waals surface area contributed by atoms with Crippen molar-refractivity contribution >= 4 is 41.5 Å². The SMILES string of the molecule is CC(NC(=O)C1CNCCO1)c1ccc(Cl)c(Cl)c1.Cl. The van der Waals surface area contributed by atoms with E-state index < -0.39 is 6.10 Å². The number of carbonyl (C=O) groups excluding carboxylic acids is 1. The van der Waals surface area contributed by atoms with Gasteiger partial charge in [0.25, 0.3) is 5.91 Å². The third-order valence-electron chi connectivity index (χ3n) is 3.02. The van der Waals surface area contributed by atoms with Gasteiger partial charge in [-0.2, -0.15) is 0 Å². The summed E-state index contributed by atoms with van der Waals surface area (Å²) in [6.45, 7) is 3.78. The highest BCUT2D eigenvalue weighted by atomic mass is 35.5. The molecule has 1 aliphatic rings. The van der Waals surface area contributed by atoms with E-state index in [2.05, 4.69) is 10.6 Å². The number of rotatable bonds is 3. The molecule has 0 radical (unpaired) electrons. The molecule has 0 bridgehead atoms. The van der Waals surface area contributed by atoms with E-state index in [1.165, 1.54) is 0 Å². The third kappa shape index (κ3) is 4.50. The van der Waals surface area contributed by atoms with Crippen molar-refractivity contribution in [3.63, 3.8) is 0 Å². The molecule has 2 atom stereocenters. The number of morpholine rings is 1. The first-order valence-electron chi connectivity index (χ1n) is 6.15. The Morgan fingerprint density at radius 1 is 1.45 bits per heavy atom. The molecule has 0 aliphatic carbocycles. The molecule has 1 aromatic rings. The summed E-state index contributed by atoms with van der Waals surface area (Å²) < 4.78 is 5.40. The molecule has 2 rings (SSSR count). The molecule has 0 saturated carbocycles. The maximum absolute atomic E-state index is 12.0. The first kappa shape index (κ1) is 17.5. The van der Waals surface area contributed by atoms with E-state index in [0.717, 1.165) is 12.1 Å². The summed E-state index contributed by atoms with van der Waals surface area (Å²) in [5.41, 5.74) is 0.909. The molecule has 2 unspecified atom stereocenters. The van der Waals surface area contributed by atoms with Gasteiger partial charge in [-0.1, -0.05) is 29.3 Å². The van der Waals surface area contributed by atoms with Crippen molar-refractivity contribution in [2.24, 2.45) is 0 Å². The Morgan fingerprint density at radius 3 is 2.80 bits per heavy atom. The second-order valence-corrected chi connectivity index (χ2v) is 5.28. The van der Waals surface area contributed by atoms with Crippen molar-refractivity contribution in [1.82, 2.24) is 10.6 Å². The van der Waals surface area contributed by atoms with Gasteiger partial charge < -0.3 is 15.4 Å². The lowest BCUT2D eigenvalue weighted by Crippen LogP contribution is -2.48. The summed E-state index contributed by atoms with van der Waals surface area (Å²) in [5.74, 6) is -0.120. The zero-order chi connectivity index (χ0) is 13.8. The highest BCUT2D eigenvalue weighted by molar-refractivity contribution is 6.42. The lowest BCUT2D eigenvalue weighted by Gasteiger charge is -2.24. The predicted octanol–water partition coefficient (Wildman–Crippen LogP) is 2.58. The van der Waals surface area contributed by atoms with Crippen LogP contribution >= 0.6 is 35.6 Å². The van der Waals surface area contributed by atoms with Gasteiger partial charge in [0.15, 0.2) is 0 Å². The second-order valence-electron chi connectivity index (χ2n) is 4.47. The van der Waals surface area contributed by atoms with Crippen LogP contribution in [0.4, 0.5) is 0 Å². The first-order valence-corrected chi connectivity index (χ1v) is 6.91. The van der Waals surface area contributed by atoms with Gasteiger partial charge in [0.05, 0.1) is 22.7 Å². The van der Waals surface area contributed by atoms with Crippen LogP contribution in [0.1, 0.15) is 18.5 Å². The van der Waals surface area contributed by atoms with Crippen LogP contribution in [0.15, 0.2) is 18.2 Å². The van der Waals surface area contributed by atoms with Gasteiger partial charge in [-0.15, -0.1) is 12.4 Å². The van der Waals surface area contributed by atoms with E-state index in [1.54, 1.807) is 12.1 Å². The molecule has 4 nitrogen and oxygen atoms in total. The Morgan fingerprint density at radius 2 is 2.20 bits per heavy atom. The van der Waals surface area contributed by atoms with Crippen molar-refractivity contribution in [1.29, 1.82) is 0 Å². The molecule has 1 aromatic carbocycles. The lowest BCUT2D eigenvalue weighted by atomic mass is 10.1. The van der Waals surface area contributed by atoms with Crippen molar-refractivity contribution in [2.75, 3.05) is 19.7 Å². The smallest absolute Gasteiger partial charge is 0.250 e. The number of nitrogens with one attached hydrogen (secondary N) is 2. The molecule has 1 saturated heterocycles. The Bertz CT molecular complexity index is 465. The van der Waals surface area contributed by atoms with Crippen molar-refractivity contribution in [3.05, 3.63) is 33.8 Å². The molecule has 2 N–H and O–H groups in total. The summed E-state index contributed by atoms with van der Waals surface area (Å²) in [6.07, 6.45) is -0.432. The molecule has 20 heavy (non-hydrogen) atoms. The highest BCUT2D eigenvalue weighted by Crippen LogP contribution is 2.25. The molecule has 1 fully saturated rings. The number of halogens is 3. The summed E-state index contributed by atoms with van der Waals surface area (Å²) in [4.78, 5) is 12.0. The average molecular weight is 340 g/mol. The number of hydrogen-bond acceptors (Lipinski definition) is 3. The van der Waals surface area contributed by atoms with E-state index >= 15 is 0 Å². The molecule has 112 valence electrons. The van der Waals surface area contributed by atoms with Crippen molar-refractivity contribution in [2.45, 2.75) is 19.1 Å². The largest absolute Gasteiger partial charge is 0.366 e. The standard InChI is InChI=1S/C13H16Cl2N2O2.ClH/c1-8(9-2-3-10(14)11(15)6-9)17-13(18)12-7-16-4-5-19-12;/h2-3,6,8,12,16H,4-5,7H2,1H3,(H,17,18);1H. The van der Waals surface area contributed by atoms with Crippen molar-refractivity contribution in [3.8, 4) is 0 Å². The molecule has 7 heteroatoms. The fourth-order valence-corrected chi connectivity index (χ4v) is 2.21. The van der Waals surface area contributed by atoms with Crippen LogP contribution in [0.3, 0.4) is 0 Å². The van der Waals surface area contributed by atoms with Crippen LogP contribution in [0, 0.1) is 0 Å². The third-order valence-corrected chi connectivity index (χ3v) is 3.76. The molecule has 0 spiro atoms. The Kier molecular flexibility index (Phi) is 7.06. The average Bonchev–Trinajstić information content (AvgIpc) is 2.42. The first-order chi connectivity index (χ1) is 9.08. The Hall–Kier alpha value is -0.520. The number of amides is 1. The number of benzene rings is 1. The highest BCUT2D eigenvalue weighted by Gasteiger charge is 2.23. The molecule has 1 amide bonds. The quantitative estimate of drug-likeness (QED) is 0.890. The van der Waals surface area contributed by atoms with Crippen LogP contribution in [-0.2, 0) is 9.53 Å². The fourth-order valence-electron chi connectivity index (χ4n) is 1.91. The van der Waals surface area contributed by atoms with Gasteiger partial charge in [0, 0.05) is 13.1 Å². The van der Waals surface area contributed by atoms with Gasteiger partial charge in [0.2, 0.25) is 0 Å². The van der Waals surface area contributed by atoms with Crippen molar-refractivity contribution < 1.29 is 9.53 Å². The molecular weight excluding hydrogens is 323 g/mol. The number of hydrogen-bond donors (Lipinski definition) is 2. The summed E-state index contributed by atoms with van der Waals surface area (Å²) in [5, 5.41) is 7.01. The van der Waals surface area contributed by atoms with Crippen LogP contribution in [-0.4, -0.2) is 31.7 Å². The maximum Gasteiger partial charge on any atom is 0.250 e. The topological polar surface area (TPSA) is 50.4 Å². The van der Waals surface area contributed by atoms with Gasteiger partial charge in [-0.05, 0) is 24.6 Å². The predicted molar refractivity (Wildman–Crippen MR) is 82.9 cm³/mol. The van der Waals surface area contributed by atoms with Gasteiger partial charge >= 0.3 is 0 Å².